The van der Waals surface area contributed by atoms with E-state index in [0.717, 1.165) is 35.0 Å². The zero-order chi connectivity index (χ0) is 26.5. The first-order valence-electron chi connectivity index (χ1n) is 12.0. The van der Waals surface area contributed by atoms with Crippen molar-refractivity contribution in [2.45, 2.75) is 11.4 Å². The summed E-state index contributed by atoms with van der Waals surface area (Å²) in [6.45, 7) is 1.66. The Labute approximate surface area is 221 Å². The summed E-state index contributed by atoms with van der Waals surface area (Å²) in [5.74, 6) is 0.175. The van der Waals surface area contributed by atoms with E-state index in [1.807, 2.05) is 60.7 Å². The normalized spacial score (nSPS) is 13.9. The molecule has 0 aliphatic carbocycles. The SMILES string of the molecule is O=C(CSc1nc(-c2ccccc2)c(-c2ccccc2)o1)Nc1ccc(C(F)(F)F)cc1N1CCOCC1. The van der Waals surface area contributed by atoms with Gasteiger partial charge in [-0.2, -0.15) is 13.2 Å². The first-order chi connectivity index (χ1) is 18.4. The fourth-order valence-corrected chi connectivity index (χ4v) is 4.76. The van der Waals surface area contributed by atoms with Crippen molar-refractivity contribution in [3.05, 3.63) is 84.4 Å². The third kappa shape index (κ3) is 6.03. The molecule has 38 heavy (non-hydrogen) atoms. The molecule has 1 saturated heterocycles. The van der Waals surface area contributed by atoms with E-state index in [1.54, 1.807) is 4.90 Å². The zero-order valence-corrected chi connectivity index (χ0v) is 21.0. The number of alkyl halides is 3. The van der Waals surface area contributed by atoms with E-state index in [-0.39, 0.29) is 11.7 Å². The van der Waals surface area contributed by atoms with Crippen molar-refractivity contribution in [1.29, 1.82) is 0 Å². The molecular formula is C28H24F3N3O3S. The van der Waals surface area contributed by atoms with Gasteiger partial charge >= 0.3 is 6.18 Å². The van der Waals surface area contributed by atoms with Crippen molar-refractivity contribution >= 4 is 29.0 Å². The van der Waals surface area contributed by atoms with Crippen LogP contribution in [-0.2, 0) is 15.7 Å². The number of benzene rings is 3. The number of thioether (sulfide) groups is 1. The third-order valence-electron chi connectivity index (χ3n) is 5.97. The number of ether oxygens (including phenoxy) is 1. The number of halogens is 3. The molecule has 0 radical (unpaired) electrons. The number of aromatic nitrogens is 1. The van der Waals surface area contributed by atoms with Gasteiger partial charge in [-0.3, -0.25) is 4.79 Å². The molecule has 1 fully saturated rings. The Morgan fingerprint density at radius 2 is 1.61 bits per heavy atom. The molecule has 1 aromatic heterocycles. The maximum Gasteiger partial charge on any atom is 0.416 e. The number of hydrogen-bond donors (Lipinski definition) is 1. The van der Waals surface area contributed by atoms with E-state index in [1.165, 1.54) is 6.07 Å². The highest BCUT2D eigenvalue weighted by atomic mass is 32.2. The monoisotopic (exact) mass is 539 g/mol. The van der Waals surface area contributed by atoms with Crippen LogP contribution in [0, 0.1) is 0 Å². The molecule has 1 aliphatic rings. The van der Waals surface area contributed by atoms with Crippen LogP contribution >= 0.6 is 11.8 Å². The number of hydrogen-bond acceptors (Lipinski definition) is 6. The number of morpholine rings is 1. The number of amides is 1. The lowest BCUT2D eigenvalue weighted by Gasteiger charge is -2.31. The smallest absolute Gasteiger partial charge is 0.416 e. The van der Waals surface area contributed by atoms with Crippen LogP contribution in [0.4, 0.5) is 24.5 Å². The molecule has 0 bridgehead atoms. The van der Waals surface area contributed by atoms with E-state index < -0.39 is 11.7 Å². The van der Waals surface area contributed by atoms with Gasteiger partial charge < -0.3 is 19.4 Å². The Hall–Kier alpha value is -3.76. The number of oxazole rings is 1. The number of carbonyl (C=O) groups excluding carboxylic acids is 1. The number of anilines is 2. The lowest BCUT2D eigenvalue weighted by atomic mass is 10.1. The number of nitrogens with one attached hydrogen (secondary N) is 1. The fraction of sp³-hybridized carbons (Fsp3) is 0.214. The summed E-state index contributed by atoms with van der Waals surface area (Å²) in [5.41, 5.74) is 2.26. The molecule has 0 unspecified atom stereocenters. The minimum absolute atomic E-state index is 0.0352. The summed E-state index contributed by atoms with van der Waals surface area (Å²) in [5, 5.41) is 3.08. The molecule has 1 aliphatic heterocycles. The van der Waals surface area contributed by atoms with Gasteiger partial charge in [-0.1, -0.05) is 72.4 Å². The lowest BCUT2D eigenvalue weighted by Crippen LogP contribution is -2.37. The maximum atomic E-state index is 13.4. The van der Waals surface area contributed by atoms with Crippen molar-refractivity contribution < 1.29 is 27.1 Å². The second-order valence-corrected chi connectivity index (χ2v) is 9.48. The Morgan fingerprint density at radius 1 is 0.947 bits per heavy atom. The molecular weight excluding hydrogens is 515 g/mol. The lowest BCUT2D eigenvalue weighted by molar-refractivity contribution is -0.137. The van der Waals surface area contributed by atoms with Crippen molar-refractivity contribution in [2.24, 2.45) is 0 Å². The second-order valence-electron chi connectivity index (χ2n) is 8.56. The highest BCUT2D eigenvalue weighted by Crippen LogP contribution is 2.37. The van der Waals surface area contributed by atoms with Gasteiger partial charge in [0.15, 0.2) is 5.76 Å². The average Bonchev–Trinajstić information content (AvgIpc) is 3.37. The molecule has 3 aromatic carbocycles. The molecule has 2 heterocycles. The van der Waals surface area contributed by atoms with Crippen LogP contribution in [0.3, 0.4) is 0 Å². The van der Waals surface area contributed by atoms with Crippen LogP contribution in [0.15, 0.2) is 88.5 Å². The van der Waals surface area contributed by atoms with Gasteiger partial charge in [0, 0.05) is 24.2 Å². The standard InChI is InChI=1S/C28H24F3N3O3S/c29-28(30,31)21-11-12-22(23(17-21)34-13-15-36-16-14-34)32-24(35)18-38-27-33-25(19-7-3-1-4-8-19)26(37-27)20-9-5-2-6-10-20/h1-12,17H,13-16,18H2,(H,32,35). The molecule has 4 aromatic rings. The molecule has 0 spiro atoms. The predicted molar refractivity (Wildman–Crippen MR) is 141 cm³/mol. The molecule has 1 N–H and O–H groups in total. The second kappa shape index (κ2) is 11.3. The molecule has 5 rings (SSSR count). The first kappa shape index (κ1) is 25.9. The largest absolute Gasteiger partial charge is 0.431 e. The topological polar surface area (TPSA) is 67.6 Å². The molecule has 0 atom stereocenters. The van der Waals surface area contributed by atoms with Crippen LogP contribution in [0.25, 0.3) is 22.6 Å². The molecule has 196 valence electrons. The Morgan fingerprint density at radius 3 is 2.26 bits per heavy atom. The number of nitrogens with zero attached hydrogens (tertiary/aromatic N) is 2. The average molecular weight is 540 g/mol. The van der Waals surface area contributed by atoms with Crippen molar-refractivity contribution in [2.75, 3.05) is 42.3 Å². The first-order valence-corrected chi connectivity index (χ1v) is 13.0. The minimum atomic E-state index is -4.49. The summed E-state index contributed by atoms with van der Waals surface area (Å²) in [6, 6.07) is 22.5. The maximum absolute atomic E-state index is 13.4. The van der Waals surface area contributed by atoms with E-state index in [9.17, 15) is 18.0 Å². The van der Waals surface area contributed by atoms with E-state index in [0.29, 0.717) is 54.4 Å². The van der Waals surface area contributed by atoms with Gasteiger partial charge in [0.1, 0.15) is 5.69 Å². The highest BCUT2D eigenvalue weighted by molar-refractivity contribution is 7.99. The Kier molecular flexibility index (Phi) is 7.71. The molecule has 1 amide bonds. The van der Waals surface area contributed by atoms with Crippen molar-refractivity contribution in [3.8, 4) is 22.6 Å². The third-order valence-corrected chi connectivity index (χ3v) is 6.80. The van der Waals surface area contributed by atoms with Crippen LogP contribution in [0.5, 0.6) is 0 Å². The van der Waals surface area contributed by atoms with Crippen molar-refractivity contribution in [3.63, 3.8) is 0 Å². The number of carbonyl (C=O) groups is 1. The minimum Gasteiger partial charge on any atom is -0.431 e. The quantitative estimate of drug-likeness (QED) is 0.267. The highest BCUT2D eigenvalue weighted by Gasteiger charge is 2.32. The Bertz CT molecular complexity index is 1330. The van der Waals surface area contributed by atoms with E-state index >= 15 is 0 Å². The summed E-state index contributed by atoms with van der Waals surface area (Å²) >= 11 is 1.12. The van der Waals surface area contributed by atoms with Gasteiger partial charge in [0.05, 0.1) is 35.9 Å². The summed E-state index contributed by atoms with van der Waals surface area (Å²) in [4.78, 5) is 19.3. The summed E-state index contributed by atoms with van der Waals surface area (Å²) in [6.07, 6.45) is -4.49. The number of rotatable bonds is 7. The predicted octanol–water partition coefficient (Wildman–Crippen LogP) is 6.59. The van der Waals surface area contributed by atoms with Crippen LogP contribution in [0.2, 0.25) is 0 Å². The van der Waals surface area contributed by atoms with Gasteiger partial charge in [-0.25, -0.2) is 4.98 Å². The van der Waals surface area contributed by atoms with Crippen LogP contribution in [-0.4, -0.2) is 42.9 Å². The van der Waals surface area contributed by atoms with E-state index in [4.69, 9.17) is 9.15 Å². The molecule has 10 heteroatoms. The Balaban J connectivity index is 1.34. The van der Waals surface area contributed by atoms with Gasteiger partial charge in [0.2, 0.25) is 5.91 Å². The summed E-state index contributed by atoms with van der Waals surface area (Å²) in [7, 11) is 0. The fourth-order valence-electron chi connectivity index (χ4n) is 4.13. The van der Waals surface area contributed by atoms with Crippen molar-refractivity contribution in [1.82, 2.24) is 4.98 Å². The van der Waals surface area contributed by atoms with Gasteiger partial charge in [-0.15, -0.1) is 0 Å². The van der Waals surface area contributed by atoms with Crippen LogP contribution in [0.1, 0.15) is 5.56 Å². The molecule has 0 saturated carbocycles. The van der Waals surface area contributed by atoms with Gasteiger partial charge in [-0.05, 0) is 18.2 Å². The van der Waals surface area contributed by atoms with E-state index in [2.05, 4.69) is 10.3 Å². The zero-order valence-electron chi connectivity index (χ0n) is 20.2. The summed E-state index contributed by atoms with van der Waals surface area (Å²) < 4.78 is 51.5. The van der Waals surface area contributed by atoms with Crippen LogP contribution < -0.4 is 10.2 Å². The van der Waals surface area contributed by atoms with Gasteiger partial charge in [0.25, 0.3) is 5.22 Å². The molecule has 6 nitrogen and oxygen atoms in total.